The van der Waals surface area contributed by atoms with Gasteiger partial charge in [-0.2, -0.15) is 4.90 Å². The number of amides is 3. The summed E-state index contributed by atoms with van der Waals surface area (Å²) in [4.78, 5) is 45.2. The summed E-state index contributed by atoms with van der Waals surface area (Å²) in [7, 11) is 1.58. The lowest BCUT2D eigenvalue weighted by atomic mass is 9.98. The predicted molar refractivity (Wildman–Crippen MR) is 138 cm³/mol. The first-order chi connectivity index (χ1) is 17.2. The maximum Gasteiger partial charge on any atom is 0.425 e. The lowest BCUT2D eigenvalue weighted by Gasteiger charge is -2.44. The number of anilines is 2. The Morgan fingerprint density at radius 3 is 2.03 bits per heavy atom. The normalized spacial score (nSPS) is 17.6. The molecule has 1 saturated heterocycles. The van der Waals surface area contributed by atoms with Gasteiger partial charge < -0.3 is 23.8 Å². The summed E-state index contributed by atoms with van der Waals surface area (Å²) in [5, 5.41) is 0. The van der Waals surface area contributed by atoms with Crippen LogP contribution in [0.1, 0.15) is 54.0 Å². The smallest absolute Gasteiger partial charge is 0.425 e. The van der Waals surface area contributed by atoms with Gasteiger partial charge >= 0.3 is 12.2 Å². The first kappa shape index (κ1) is 27.9. The molecule has 1 fully saturated rings. The number of carbonyl (C=O) groups excluding carboxylic acids is 3. The maximum atomic E-state index is 12.9. The Labute approximate surface area is 217 Å². The molecule has 0 radical (unpaired) electrons. The van der Waals surface area contributed by atoms with E-state index < -0.39 is 29.5 Å². The molecule has 10 nitrogen and oxygen atoms in total. The molecule has 37 heavy (non-hydrogen) atoms. The summed E-state index contributed by atoms with van der Waals surface area (Å²) in [5.74, 6) is 0.575. The number of ether oxygens (including phenoxy) is 4. The monoisotopic (exact) mass is 513 g/mol. The molecule has 1 aliphatic rings. The molecule has 1 aliphatic heterocycles. The van der Waals surface area contributed by atoms with E-state index in [4.69, 9.17) is 18.9 Å². The number of aromatic nitrogens is 1. The van der Waals surface area contributed by atoms with E-state index in [0.717, 1.165) is 10.6 Å². The van der Waals surface area contributed by atoms with Gasteiger partial charge in [-0.15, -0.1) is 0 Å². The van der Waals surface area contributed by atoms with E-state index in [1.807, 2.05) is 19.1 Å². The van der Waals surface area contributed by atoms with Crippen LogP contribution in [0.5, 0.6) is 5.75 Å². The van der Waals surface area contributed by atoms with E-state index in [1.165, 1.54) is 12.3 Å². The van der Waals surface area contributed by atoms with Gasteiger partial charge in [0.15, 0.2) is 6.10 Å². The molecule has 2 aromatic rings. The van der Waals surface area contributed by atoms with Crippen LogP contribution < -0.4 is 14.5 Å². The highest BCUT2D eigenvalue weighted by atomic mass is 16.6. The van der Waals surface area contributed by atoms with Crippen LogP contribution in [0.2, 0.25) is 0 Å². The number of pyridine rings is 1. The second-order valence-electron chi connectivity index (χ2n) is 10.7. The zero-order valence-corrected chi connectivity index (χ0v) is 22.6. The van der Waals surface area contributed by atoms with Crippen LogP contribution in [0.25, 0.3) is 0 Å². The molecule has 0 N–H and O–H groups in total. The lowest BCUT2D eigenvalue weighted by Crippen LogP contribution is -2.64. The van der Waals surface area contributed by atoms with E-state index in [9.17, 15) is 14.4 Å². The van der Waals surface area contributed by atoms with Gasteiger partial charge in [0.05, 0.1) is 19.8 Å². The molecular weight excluding hydrogens is 478 g/mol. The highest BCUT2D eigenvalue weighted by Gasteiger charge is 2.46. The molecule has 2 heterocycles. The van der Waals surface area contributed by atoms with Gasteiger partial charge in [-0.05, 0) is 90.4 Å². The van der Waals surface area contributed by atoms with Gasteiger partial charge in [-0.3, -0.25) is 4.79 Å². The minimum atomic E-state index is -0.912. The summed E-state index contributed by atoms with van der Waals surface area (Å²) in [6.07, 6.45) is -1.01. The first-order valence-electron chi connectivity index (χ1n) is 12.0. The summed E-state index contributed by atoms with van der Waals surface area (Å²) in [6, 6.07) is 10.3. The molecule has 3 amide bonds. The second kappa shape index (κ2) is 10.8. The van der Waals surface area contributed by atoms with Crippen molar-refractivity contribution < 1.29 is 33.3 Å². The predicted octanol–water partition coefficient (Wildman–Crippen LogP) is 5.09. The molecule has 0 spiro atoms. The quantitative estimate of drug-likeness (QED) is 0.492. The Kier molecular flexibility index (Phi) is 8.12. The average Bonchev–Trinajstić information content (AvgIpc) is 2.78. The number of carbonyl (C=O) groups is 3. The number of hydrogen-bond acceptors (Lipinski definition) is 8. The van der Waals surface area contributed by atoms with Crippen molar-refractivity contribution >= 4 is 29.6 Å². The molecule has 0 aliphatic carbocycles. The van der Waals surface area contributed by atoms with Gasteiger partial charge in [-0.1, -0.05) is 0 Å². The fraction of sp³-hybridized carbons (Fsp3) is 0.481. The van der Waals surface area contributed by atoms with Crippen LogP contribution in [0, 0.1) is 0 Å². The molecule has 0 saturated carbocycles. The van der Waals surface area contributed by atoms with E-state index >= 15 is 0 Å². The molecule has 1 aromatic carbocycles. The first-order valence-corrected chi connectivity index (χ1v) is 12.0. The molecule has 0 bridgehead atoms. The molecule has 10 heteroatoms. The fourth-order valence-electron chi connectivity index (χ4n) is 3.65. The summed E-state index contributed by atoms with van der Waals surface area (Å²) >= 11 is 0. The minimum Gasteiger partial charge on any atom is -0.497 e. The third-order valence-electron chi connectivity index (χ3n) is 5.30. The van der Waals surface area contributed by atoms with Gasteiger partial charge in [-0.25, -0.2) is 14.6 Å². The van der Waals surface area contributed by atoms with Crippen molar-refractivity contribution in [3.05, 3.63) is 48.2 Å². The van der Waals surface area contributed by atoms with Crippen LogP contribution >= 0.6 is 0 Å². The number of rotatable bonds is 6. The number of imide groups is 1. The number of methoxy groups -OCH3 is 1. The summed E-state index contributed by atoms with van der Waals surface area (Å²) in [5.41, 5.74) is -0.303. The highest BCUT2D eigenvalue weighted by Crippen LogP contribution is 2.32. The van der Waals surface area contributed by atoms with Crippen LogP contribution in [-0.4, -0.2) is 53.5 Å². The third kappa shape index (κ3) is 6.97. The van der Waals surface area contributed by atoms with Crippen molar-refractivity contribution in [2.75, 3.05) is 16.9 Å². The van der Waals surface area contributed by atoms with Crippen LogP contribution in [0.3, 0.4) is 0 Å². The van der Waals surface area contributed by atoms with Crippen molar-refractivity contribution in [3.8, 4) is 5.75 Å². The van der Waals surface area contributed by atoms with Gasteiger partial charge in [0.2, 0.25) is 0 Å². The second-order valence-corrected chi connectivity index (χ2v) is 10.7. The van der Waals surface area contributed by atoms with Crippen molar-refractivity contribution in [2.24, 2.45) is 0 Å². The molecule has 200 valence electrons. The minimum absolute atomic E-state index is 0.0254. The van der Waals surface area contributed by atoms with Crippen molar-refractivity contribution in [3.63, 3.8) is 0 Å². The van der Waals surface area contributed by atoms with Crippen molar-refractivity contribution in [2.45, 2.75) is 78.4 Å². The highest BCUT2D eigenvalue weighted by molar-refractivity contribution is 6.08. The van der Waals surface area contributed by atoms with Crippen LogP contribution in [0.4, 0.5) is 21.1 Å². The summed E-state index contributed by atoms with van der Waals surface area (Å²) in [6.45, 7) is 12.2. The number of nitrogens with zero attached hydrogens (tertiary/aromatic N) is 3. The van der Waals surface area contributed by atoms with Crippen LogP contribution in [-0.2, 0) is 25.6 Å². The van der Waals surface area contributed by atoms with Gasteiger partial charge in [0.25, 0.3) is 5.91 Å². The van der Waals surface area contributed by atoms with Gasteiger partial charge in [0.1, 0.15) is 22.8 Å². The topological polar surface area (TPSA) is 108 Å². The largest absolute Gasteiger partial charge is 0.497 e. The Morgan fingerprint density at radius 2 is 1.54 bits per heavy atom. The van der Waals surface area contributed by atoms with Crippen LogP contribution in [0.15, 0.2) is 42.6 Å². The maximum absolute atomic E-state index is 12.9. The molecule has 3 rings (SSSR count). The zero-order chi connectivity index (χ0) is 27.5. The lowest BCUT2D eigenvalue weighted by molar-refractivity contribution is -0.142. The zero-order valence-electron chi connectivity index (χ0n) is 22.6. The Hall–Kier alpha value is -3.66. The number of benzene rings is 1. The van der Waals surface area contributed by atoms with E-state index in [1.54, 1.807) is 71.8 Å². The Bertz CT molecular complexity index is 1110. The molecule has 2 atom stereocenters. The number of β-lactam (4-membered cyclic amide) rings is 1. The third-order valence-corrected chi connectivity index (χ3v) is 5.30. The van der Waals surface area contributed by atoms with E-state index in [0.29, 0.717) is 11.3 Å². The van der Waals surface area contributed by atoms with Crippen molar-refractivity contribution in [1.82, 2.24) is 4.98 Å². The average molecular weight is 514 g/mol. The summed E-state index contributed by atoms with van der Waals surface area (Å²) < 4.78 is 21.9. The van der Waals surface area contributed by atoms with Crippen molar-refractivity contribution in [1.29, 1.82) is 0 Å². The Balaban J connectivity index is 1.73. The fourth-order valence-corrected chi connectivity index (χ4v) is 3.65. The SMILES string of the molecule is COc1ccc(N2C(=O)C(OCc3ccnc(N(C(=O)OC(C)(C)C)C(=O)OC(C)(C)C)c3)[C@H]2C)cc1. The standard InChI is InChI=1S/C27H35N3O7/c1-17-22(23(31)29(17)19-9-11-20(34-8)12-10-19)35-16-18-13-14-28-21(15-18)30(24(32)36-26(2,3)4)25(33)37-27(5,6)7/h9-15,17,22H,16H2,1-8H3/t17-,22?/m1/s1. The van der Waals surface area contributed by atoms with Gasteiger partial charge in [0, 0.05) is 11.9 Å². The van der Waals surface area contributed by atoms with E-state index in [-0.39, 0.29) is 24.4 Å². The molecule has 1 aromatic heterocycles. The molecule has 1 unspecified atom stereocenters. The van der Waals surface area contributed by atoms with E-state index in [2.05, 4.69) is 4.98 Å². The Morgan fingerprint density at radius 1 is 0.973 bits per heavy atom. The number of hydrogen-bond donors (Lipinski definition) is 0. The molecular formula is C27H35N3O7.